The molecular weight excluding hydrogens is 246 g/mol. The first kappa shape index (κ1) is 13.5. The van der Waals surface area contributed by atoms with Crippen molar-refractivity contribution in [3.8, 4) is 0 Å². The highest BCUT2D eigenvalue weighted by Crippen LogP contribution is 2.25. The topological polar surface area (TPSA) is 79.7 Å². The third-order valence-corrected chi connectivity index (χ3v) is 2.84. The zero-order chi connectivity index (χ0) is 13.8. The Labute approximate surface area is 110 Å². The summed E-state index contributed by atoms with van der Waals surface area (Å²) in [5, 5.41) is 21.4. The van der Waals surface area contributed by atoms with Gasteiger partial charge in [0.25, 0.3) is 0 Å². The maximum atomic E-state index is 11.4. The summed E-state index contributed by atoms with van der Waals surface area (Å²) in [5.74, 6) is -0.845. The van der Waals surface area contributed by atoms with Crippen LogP contribution >= 0.6 is 0 Å². The zero-order valence-corrected chi connectivity index (χ0v) is 10.5. The van der Waals surface area contributed by atoms with E-state index in [1.165, 1.54) is 6.20 Å². The van der Waals surface area contributed by atoms with Gasteiger partial charge in [0.2, 0.25) is 0 Å². The second-order valence-corrected chi connectivity index (χ2v) is 4.09. The number of aromatic nitrogens is 1. The number of rotatable bonds is 4. The van der Waals surface area contributed by atoms with Crippen LogP contribution in [0.1, 0.15) is 18.6 Å². The summed E-state index contributed by atoms with van der Waals surface area (Å²) < 4.78 is 4.69. The van der Waals surface area contributed by atoms with Crippen molar-refractivity contribution in [3.63, 3.8) is 0 Å². The second-order valence-electron chi connectivity index (χ2n) is 4.09. The lowest BCUT2D eigenvalue weighted by atomic mass is 10.00. The average molecular weight is 261 g/mol. The van der Waals surface area contributed by atoms with E-state index >= 15 is 0 Å². The van der Waals surface area contributed by atoms with Gasteiger partial charge in [-0.1, -0.05) is 24.3 Å². The molecule has 0 aliphatic rings. The Morgan fingerprint density at radius 1 is 1.32 bits per heavy atom. The van der Waals surface area contributed by atoms with E-state index in [0.29, 0.717) is 5.56 Å². The molecule has 0 aliphatic heterocycles. The number of benzene rings is 1. The smallest absolute Gasteiger partial charge is 0.338 e. The molecule has 0 fully saturated rings. The Balaban J connectivity index is 2.36. The average Bonchev–Trinajstić information content (AvgIpc) is 2.45. The van der Waals surface area contributed by atoms with Crippen molar-refractivity contribution in [2.24, 2.45) is 0 Å². The first-order valence-electron chi connectivity index (χ1n) is 6.00. The van der Waals surface area contributed by atoms with Gasteiger partial charge in [-0.15, -0.1) is 0 Å². The van der Waals surface area contributed by atoms with Crippen LogP contribution in [0.25, 0.3) is 10.8 Å². The number of hydrogen-bond donors (Lipinski definition) is 2. The summed E-state index contributed by atoms with van der Waals surface area (Å²) in [6.45, 7) is 1.78. The van der Waals surface area contributed by atoms with E-state index in [0.717, 1.165) is 10.8 Å². The van der Waals surface area contributed by atoms with Crippen molar-refractivity contribution in [3.05, 3.63) is 42.2 Å². The number of hydrogen-bond acceptors (Lipinski definition) is 5. The molecule has 0 aliphatic carbocycles. The van der Waals surface area contributed by atoms with Crippen molar-refractivity contribution in [2.75, 3.05) is 6.61 Å². The molecule has 0 radical (unpaired) electrons. The van der Waals surface area contributed by atoms with Crippen LogP contribution in [0.4, 0.5) is 0 Å². The SMILES string of the molecule is CCOC(=O)C(O)C(O)c1cncc2ccccc12. The standard InChI is InChI=1S/C14H15NO4/c1-2-19-14(18)13(17)12(16)11-8-15-7-9-5-3-4-6-10(9)11/h3-8,12-13,16-17H,2H2,1H3. The maximum Gasteiger partial charge on any atom is 0.338 e. The number of carbonyl (C=O) groups excluding carboxylic acids is 1. The minimum atomic E-state index is -1.62. The van der Waals surface area contributed by atoms with Crippen LogP contribution < -0.4 is 0 Å². The Kier molecular flexibility index (Phi) is 4.09. The third kappa shape index (κ3) is 2.72. The number of aliphatic hydroxyl groups excluding tert-OH is 2. The molecule has 0 saturated carbocycles. The van der Waals surface area contributed by atoms with Crippen LogP contribution in [0.3, 0.4) is 0 Å². The molecule has 1 aromatic carbocycles. The Morgan fingerprint density at radius 2 is 2.05 bits per heavy atom. The van der Waals surface area contributed by atoms with Crippen molar-refractivity contribution in [1.82, 2.24) is 4.98 Å². The highest BCUT2D eigenvalue weighted by Gasteiger charge is 2.28. The monoisotopic (exact) mass is 261 g/mol. The zero-order valence-electron chi connectivity index (χ0n) is 10.5. The molecule has 5 heteroatoms. The predicted octanol–water partition coefficient (Wildman–Crippen LogP) is 1.19. The summed E-state index contributed by atoms with van der Waals surface area (Å²) in [6.07, 6.45) is 0.114. The minimum absolute atomic E-state index is 0.149. The number of ether oxygens (including phenoxy) is 1. The molecule has 1 aromatic heterocycles. The lowest BCUT2D eigenvalue weighted by Gasteiger charge is -2.17. The summed E-state index contributed by atoms with van der Waals surface area (Å²) in [5.41, 5.74) is 0.402. The van der Waals surface area contributed by atoms with E-state index in [4.69, 9.17) is 0 Å². The molecule has 2 N–H and O–H groups in total. The molecule has 0 saturated heterocycles. The van der Waals surface area contributed by atoms with E-state index in [9.17, 15) is 15.0 Å². The van der Waals surface area contributed by atoms with E-state index in [1.807, 2.05) is 18.2 Å². The van der Waals surface area contributed by atoms with Gasteiger partial charge in [0.15, 0.2) is 6.10 Å². The van der Waals surface area contributed by atoms with E-state index < -0.39 is 18.2 Å². The van der Waals surface area contributed by atoms with Crippen LogP contribution in [0, 0.1) is 0 Å². The number of nitrogens with zero attached hydrogens (tertiary/aromatic N) is 1. The van der Waals surface area contributed by atoms with Gasteiger partial charge in [0, 0.05) is 23.3 Å². The minimum Gasteiger partial charge on any atom is -0.464 e. The van der Waals surface area contributed by atoms with Gasteiger partial charge < -0.3 is 14.9 Å². The molecule has 0 amide bonds. The lowest BCUT2D eigenvalue weighted by molar-refractivity contribution is -0.159. The lowest BCUT2D eigenvalue weighted by Crippen LogP contribution is -2.30. The van der Waals surface area contributed by atoms with E-state index in [2.05, 4.69) is 9.72 Å². The van der Waals surface area contributed by atoms with Crippen LogP contribution in [-0.4, -0.2) is 33.9 Å². The molecule has 5 nitrogen and oxygen atoms in total. The van der Waals surface area contributed by atoms with Crippen molar-refractivity contribution in [1.29, 1.82) is 0 Å². The quantitative estimate of drug-likeness (QED) is 0.808. The summed E-state index contributed by atoms with van der Waals surface area (Å²) in [7, 11) is 0. The summed E-state index contributed by atoms with van der Waals surface area (Å²) in [6, 6.07) is 7.31. The predicted molar refractivity (Wildman–Crippen MR) is 69.3 cm³/mol. The number of pyridine rings is 1. The van der Waals surface area contributed by atoms with E-state index in [1.54, 1.807) is 19.2 Å². The fraction of sp³-hybridized carbons (Fsp3) is 0.286. The molecule has 1 heterocycles. The second kappa shape index (κ2) is 5.77. The van der Waals surface area contributed by atoms with Crippen molar-refractivity contribution in [2.45, 2.75) is 19.1 Å². The maximum absolute atomic E-state index is 11.4. The van der Waals surface area contributed by atoms with Crippen molar-refractivity contribution >= 4 is 16.7 Å². The van der Waals surface area contributed by atoms with Gasteiger partial charge >= 0.3 is 5.97 Å². The van der Waals surface area contributed by atoms with E-state index in [-0.39, 0.29) is 6.61 Å². The summed E-state index contributed by atoms with van der Waals surface area (Å²) >= 11 is 0. The number of carbonyl (C=O) groups is 1. The van der Waals surface area contributed by atoms with Crippen LogP contribution in [0.2, 0.25) is 0 Å². The van der Waals surface area contributed by atoms with Gasteiger partial charge in [0.1, 0.15) is 6.10 Å². The largest absolute Gasteiger partial charge is 0.464 e. The molecule has 2 unspecified atom stereocenters. The number of esters is 1. The molecule has 100 valence electrons. The highest BCUT2D eigenvalue weighted by molar-refractivity contribution is 5.86. The first-order chi connectivity index (χ1) is 9.15. The fourth-order valence-electron chi connectivity index (χ4n) is 1.90. The molecule has 2 rings (SSSR count). The summed E-state index contributed by atoms with van der Waals surface area (Å²) in [4.78, 5) is 15.4. The first-order valence-corrected chi connectivity index (χ1v) is 6.00. The molecule has 2 aromatic rings. The van der Waals surface area contributed by atoms with Gasteiger partial charge in [-0.2, -0.15) is 0 Å². The molecule has 2 atom stereocenters. The van der Waals surface area contributed by atoms with Crippen LogP contribution in [0.5, 0.6) is 0 Å². The number of fused-ring (bicyclic) bond motifs is 1. The molecular formula is C14H15NO4. The fourth-order valence-corrected chi connectivity index (χ4v) is 1.90. The van der Waals surface area contributed by atoms with Crippen molar-refractivity contribution < 1.29 is 19.7 Å². The van der Waals surface area contributed by atoms with Gasteiger partial charge in [-0.25, -0.2) is 4.79 Å². The Hall–Kier alpha value is -1.98. The number of aliphatic hydroxyl groups is 2. The van der Waals surface area contributed by atoms with Gasteiger partial charge in [-0.05, 0) is 12.3 Å². The van der Waals surface area contributed by atoms with Gasteiger partial charge in [0.05, 0.1) is 6.61 Å². The third-order valence-electron chi connectivity index (χ3n) is 2.84. The van der Waals surface area contributed by atoms with Crippen LogP contribution in [0.15, 0.2) is 36.7 Å². The molecule has 0 spiro atoms. The van der Waals surface area contributed by atoms with Crippen LogP contribution in [-0.2, 0) is 9.53 Å². The normalized spacial score (nSPS) is 14.1. The molecule has 0 bridgehead atoms. The Morgan fingerprint density at radius 3 is 2.79 bits per heavy atom. The molecule has 19 heavy (non-hydrogen) atoms. The highest BCUT2D eigenvalue weighted by atomic mass is 16.5. The van der Waals surface area contributed by atoms with Gasteiger partial charge in [-0.3, -0.25) is 4.98 Å². The Bertz CT molecular complexity index is 579.